The van der Waals surface area contributed by atoms with Gasteiger partial charge in [-0.1, -0.05) is 0 Å². The molecule has 0 saturated carbocycles. The van der Waals surface area contributed by atoms with E-state index in [0.717, 1.165) is 6.92 Å². The minimum absolute atomic E-state index is 0.749. The van der Waals surface area contributed by atoms with Crippen LogP contribution in [0.4, 0.5) is 0 Å². The van der Waals surface area contributed by atoms with Crippen molar-refractivity contribution >= 4 is 26.7 Å². The number of carbonyl (C=O) groups excluding carboxylic acids is 1. The molecule has 1 amide bonds. The molecule has 0 aliphatic carbocycles. The van der Waals surface area contributed by atoms with Gasteiger partial charge in [0.15, 0.2) is 12.6 Å². The molecule has 2 saturated heterocycles. The van der Waals surface area contributed by atoms with Gasteiger partial charge in [-0.2, -0.15) is 16.8 Å². The van der Waals surface area contributed by atoms with Gasteiger partial charge in [-0.05, 0) is 0 Å². The summed E-state index contributed by atoms with van der Waals surface area (Å²) in [6.07, 6.45) is -17.0. The highest BCUT2D eigenvalue weighted by atomic mass is 32.3. The third-order valence-electron chi connectivity index (χ3n) is 4.79. The van der Waals surface area contributed by atoms with Gasteiger partial charge >= 0.3 is 20.8 Å². The zero-order valence-electron chi connectivity index (χ0n) is 17.2. The van der Waals surface area contributed by atoms with Crippen LogP contribution in [0.25, 0.3) is 0 Å². The second-order valence-electron chi connectivity index (χ2n) is 7.32. The summed E-state index contributed by atoms with van der Waals surface area (Å²) in [6, 6.07) is -1.57. The van der Waals surface area contributed by atoms with Crippen LogP contribution in [0.1, 0.15) is 6.92 Å². The molecule has 18 nitrogen and oxygen atoms in total. The van der Waals surface area contributed by atoms with Gasteiger partial charge in [0.2, 0.25) is 5.91 Å². The molecular weight excluding hydrogens is 518 g/mol. The van der Waals surface area contributed by atoms with Crippen LogP contribution >= 0.6 is 0 Å². The molecule has 10 atom stereocenters. The largest absolute Gasteiger partial charge is 0.397 e. The Balaban J connectivity index is 2.26. The molecule has 2 rings (SSSR count). The normalized spacial score (nSPS) is 39.5. The van der Waals surface area contributed by atoms with E-state index in [1.165, 1.54) is 0 Å². The highest BCUT2D eigenvalue weighted by molar-refractivity contribution is 7.81. The molecule has 20 heteroatoms. The van der Waals surface area contributed by atoms with E-state index in [0.29, 0.717) is 0 Å². The van der Waals surface area contributed by atoms with Crippen molar-refractivity contribution in [2.75, 3.05) is 13.2 Å². The number of carbonyl (C=O) groups is 1. The van der Waals surface area contributed by atoms with Crippen LogP contribution in [-0.4, -0.2) is 132 Å². The lowest BCUT2D eigenvalue weighted by atomic mass is 9.95. The quantitative estimate of drug-likeness (QED) is 0.126. The lowest BCUT2D eigenvalue weighted by Crippen LogP contribution is -2.67. The molecule has 2 aliphatic heterocycles. The van der Waals surface area contributed by atoms with Crippen LogP contribution in [0.2, 0.25) is 0 Å². The Morgan fingerprint density at radius 2 is 1.32 bits per heavy atom. The number of aliphatic hydroxyl groups is 5. The Morgan fingerprint density at radius 3 is 1.79 bits per heavy atom. The maximum atomic E-state index is 11.5. The molecule has 0 bridgehead atoms. The topological polar surface area (TPSA) is 285 Å². The average Bonchev–Trinajstić information content (AvgIpc) is 2.69. The van der Waals surface area contributed by atoms with Gasteiger partial charge in [-0.25, -0.2) is 8.37 Å². The van der Waals surface area contributed by atoms with Crippen LogP contribution in [0.3, 0.4) is 0 Å². The molecule has 0 aromatic carbocycles. The van der Waals surface area contributed by atoms with E-state index >= 15 is 0 Å². The number of ether oxygens (including phenoxy) is 3. The predicted molar refractivity (Wildman–Crippen MR) is 101 cm³/mol. The molecule has 2 aliphatic rings. The summed E-state index contributed by atoms with van der Waals surface area (Å²) in [6.45, 7) is -1.04. The summed E-state index contributed by atoms with van der Waals surface area (Å²) >= 11 is 0. The number of aliphatic hydroxyl groups excluding tert-OH is 5. The van der Waals surface area contributed by atoms with Gasteiger partial charge in [0.1, 0.15) is 48.8 Å². The maximum Gasteiger partial charge on any atom is 0.397 e. The first-order chi connectivity index (χ1) is 15.5. The van der Waals surface area contributed by atoms with Gasteiger partial charge in [-0.3, -0.25) is 13.9 Å². The van der Waals surface area contributed by atoms with E-state index in [-0.39, 0.29) is 0 Å². The van der Waals surface area contributed by atoms with Gasteiger partial charge in [-0.15, -0.1) is 0 Å². The summed E-state index contributed by atoms with van der Waals surface area (Å²) in [7, 11) is -9.96. The lowest BCUT2D eigenvalue weighted by Gasteiger charge is -2.46. The number of hydrogen-bond acceptors (Lipinski definition) is 15. The Labute approximate surface area is 192 Å². The van der Waals surface area contributed by atoms with Crippen LogP contribution in [-0.2, 0) is 48.2 Å². The van der Waals surface area contributed by atoms with Gasteiger partial charge < -0.3 is 45.1 Å². The first-order valence-electron chi connectivity index (χ1n) is 9.37. The Bertz CT molecular complexity index is 911. The van der Waals surface area contributed by atoms with Gasteiger partial charge in [0, 0.05) is 6.92 Å². The third kappa shape index (κ3) is 7.96. The third-order valence-corrected chi connectivity index (χ3v) is 5.65. The second kappa shape index (κ2) is 11.3. The lowest BCUT2D eigenvalue weighted by molar-refractivity contribution is -0.340. The van der Waals surface area contributed by atoms with Crippen LogP contribution in [0.5, 0.6) is 0 Å². The first-order valence-corrected chi connectivity index (χ1v) is 12.1. The van der Waals surface area contributed by atoms with Crippen molar-refractivity contribution in [1.29, 1.82) is 0 Å². The summed E-state index contributed by atoms with van der Waals surface area (Å²) in [5, 5.41) is 53.2. The molecule has 0 radical (unpaired) electrons. The summed E-state index contributed by atoms with van der Waals surface area (Å²) in [5.74, 6) is -0.749. The molecule has 0 aromatic heterocycles. The van der Waals surface area contributed by atoms with Crippen molar-refractivity contribution in [2.24, 2.45) is 0 Å². The second-order valence-corrected chi connectivity index (χ2v) is 9.50. The fourth-order valence-electron chi connectivity index (χ4n) is 3.25. The molecule has 2 fully saturated rings. The van der Waals surface area contributed by atoms with Crippen molar-refractivity contribution in [2.45, 2.75) is 68.3 Å². The standard InChI is InChI=1S/C14H25NO17S2/c1-4(16)15-7-12(9(18)6(30-13(7)21)3-29-34(25,26)27)32-14-11(20)10(19)8(17)5(31-14)2-28-33(22,23)24/h5-14,17-21H,2-3H2,1H3,(H,15,16)(H,22,23,24)(H,25,26,27). The molecule has 34 heavy (non-hydrogen) atoms. The van der Waals surface area contributed by atoms with E-state index < -0.39 is 101 Å². The van der Waals surface area contributed by atoms with Crippen LogP contribution < -0.4 is 5.32 Å². The minimum atomic E-state index is -4.98. The summed E-state index contributed by atoms with van der Waals surface area (Å²) in [4.78, 5) is 11.5. The minimum Gasteiger partial charge on any atom is -0.388 e. The number of rotatable bonds is 9. The highest BCUT2D eigenvalue weighted by Gasteiger charge is 2.51. The molecule has 10 unspecified atom stereocenters. The van der Waals surface area contributed by atoms with Gasteiger partial charge in [0.05, 0.1) is 13.2 Å². The monoisotopic (exact) mass is 543 g/mol. The number of hydrogen-bond donors (Lipinski definition) is 8. The molecule has 0 aromatic rings. The van der Waals surface area contributed by atoms with E-state index in [4.69, 9.17) is 23.3 Å². The smallest absolute Gasteiger partial charge is 0.388 e. The van der Waals surface area contributed by atoms with Crippen molar-refractivity contribution in [3.63, 3.8) is 0 Å². The van der Waals surface area contributed by atoms with E-state index in [1.807, 2.05) is 0 Å². The zero-order chi connectivity index (χ0) is 26.0. The van der Waals surface area contributed by atoms with Crippen molar-refractivity contribution in [3.05, 3.63) is 0 Å². The van der Waals surface area contributed by atoms with Crippen molar-refractivity contribution in [1.82, 2.24) is 5.32 Å². The summed E-state index contributed by atoms with van der Waals surface area (Å²) in [5.41, 5.74) is 0. The highest BCUT2D eigenvalue weighted by Crippen LogP contribution is 2.29. The maximum absolute atomic E-state index is 11.5. The predicted octanol–water partition coefficient (Wildman–Crippen LogP) is -5.60. The fraction of sp³-hybridized carbons (Fsp3) is 0.929. The van der Waals surface area contributed by atoms with Crippen LogP contribution in [0.15, 0.2) is 0 Å². The van der Waals surface area contributed by atoms with E-state index in [9.17, 15) is 47.2 Å². The molecule has 200 valence electrons. The Kier molecular flexibility index (Phi) is 9.68. The summed E-state index contributed by atoms with van der Waals surface area (Å²) < 4.78 is 84.4. The van der Waals surface area contributed by atoms with E-state index in [1.54, 1.807) is 0 Å². The van der Waals surface area contributed by atoms with Gasteiger partial charge in [0.25, 0.3) is 0 Å². The molecule has 2 heterocycles. The first kappa shape index (κ1) is 29.1. The average molecular weight is 543 g/mol. The SMILES string of the molecule is CC(=O)NC1C(O)OC(COS(=O)(=O)O)C(O)C1OC1OC(COS(=O)(=O)O)C(O)C(O)C1O. The Hall–Kier alpha value is -1.11. The van der Waals surface area contributed by atoms with Crippen molar-refractivity contribution < 1.29 is 78.8 Å². The van der Waals surface area contributed by atoms with Crippen molar-refractivity contribution in [3.8, 4) is 0 Å². The van der Waals surface area contributed by atoms with E-state index in [2.05, 4.69) is 13.7 Å². The molecule has 8 N–H and O–H groups in total. The number of amides is 1. The fourth-order valence-corrected chi connectivity index (χ4v) is 3.86. The Morgan fingerprint density at radius 1 is 0.824 bits per heavy atom. The molecule has 0 spiro atoms. The van der Waals surface area contributed by atoms with Crippen LogP contribution in [0, 0.1) is 0 Å². The number of nitrogens with one attached hydrogen (secondary N) is 1. The molecular formula is C14H25NO17S2. The zero-order valence-corrected chi connectivity index (χ0v) is 18.9.